The van der Waals surface area contributed by atoms with Crippen molar-refractivity contribution < 1.29 is 9.53 Å². The van der Waals surface area contributed by atoms with Crippen molar-refractivity contribution in [2.75, 3.05) is 46.4 Å². The molecule has 0 aliphatic carbocycles. The molecule has 0 saturated carbocycles. The Morgan fingerprint density at radius 3 is 2.52 bits per heavy atom. The number of ether oxygens (including phenoxy) is 1. The molecule has 0 spiro atoms. The number of rotatable bonds is 9. The van der Waals surface area contributed by atoms with Gasteiger partial charge >= 0.3 is 0 Å². The van der Waals surface area contributed by atoms with E-state index < -0.39 is 5.41 Å². The fraction of sp³-hybridized carbons (Fsp3) is 0.632. The summed E-state index contributed by atoms with van der Waals surface area (Å²) in [6, 6.07) is 10.6. The van der Waals surface area contributed by atoms with Crippen LogP contribution in [0.1, 0.15) is 31.9 Å². The van der Waals surface area contributed by atoms with E-state index in [2.05, 4.69) is 53.6 Å². The normalized spacial score (nSPS) is 21.0. The van der Waals surface area contributed by atoms with Gasteiger partial charge in [-0.1, -0.05) is 44.2 Å². The van der Waals surface area contributed by atoms with Crippen LogP contribution in [0.5, 0.6) is 0 Å². The molecule has 1 aliphatic rings. The van der Waals surface area contributed by atoms with Crippen LogP contribution in [0.15, 0.2) is 30.3 Å². The average Bonchev–Trinajstić information content (AvgIpc) is 3.09. The fourth-order valence-corrected chi connectivity index (χ4v) is 3.58. The van der Waals surface area contributed by atoms with E-state index in [0.717, 1.165) is 26.1 Å². The van der Waals surface area contributed by atoms with Gasteiger partial charge in [-0.15, -0.1) is 12.4 Å². The van der Waals surface area contributed by atoms with Crippen molar-refractivity contribution in [2.45, 2.75) is 26.3 Å². The lowest BCUT2D eigenvalue weighted by Crippen LogP contribution is -2.48. The Hall–Kier alpha value is -1.14. The van der Waals surface area contributed by atoms with Gasteiger partial charge in [0.1, 0.15) is 0 Å². The van der Waals surface area contributed by atoms with Crippen LogP contribution in [-0.4, -0.2) is 57.2 Å². The van der Waals surface area contributed by atoms with Gasteiger partial charge in [-0.2, -0.15) is 0 Å². The van der Waals surface area contributed by atoms with Crippen molar-refractivity contribution >= 4 is 18.3 Å². The third-order valence-corrected chi connectivity index (χ3v) is 5.04. The van der Waals surface area contributed by atoms with E-state index in [-0.39, 0.29) is 24.4 Å². The van der Waals surface area contributed by atoms with Gasteiger partial charge < -0.3 is 15.4 Å². The largest absolute Gasteiger partial charge is 0.384 e. The zero-order valence-electron chi connectivity index (χ0n) is 15.6. The third-order valence-electron chi connectivity index (χ3n) is 5.04. The summed E-state index contributed by atoms with van der Waals surface area (Å²) in [5.74, 6) is 0.0995. The SMILES string of the molecule is CCN(CC)C(CNC(=O)C1(COC)CCNC1)c1ccccc1.Cl. The molecule has 1 aliphatic heterocycles. The molecule has 2 atom stereocenters. The number of nitrogens with zero attached hydrogens (tertiary/aromatic N) is 1. The van der Waals surface area contributed by atoms with Gasteiger partial charge in [-0.25, -0.2) is 0 Å². The lowest BCUT2D eigenvalue weighted by atomic mass is 9.87. The average molecular weight is 370 g/mol. The molecule has 1 saturated heterocycles. The molecule has 1 aromatic carbocycles. The molecule has 5 nitrogen and oxygen atoms in total. The van der Waals surface area contributed by atoms with Gasteiger partial charge in [0.2, 0.25) is 5.91 Å². The van der Waals surface area contributed by atoms with Crippen molar-refractivity contribution in [3.05, 3.63) is 35.9 Å². The predicted octanol–water partition coefficient (Wildman–Crippen LogP) is 2.23. The molecule has 1 fully saturated rings. The number of benzene rings is 1. The first-order valence-corrected chi connectivity index (χ1v) is 8.93. The van der Waals surface area contributed by atoms with Gasteiger partial charge in [-0.05, 0) is 31.6 Å². The van der Waals surface area contributed by atoms with Crippen LogP contribution in [0.2, 0.25) is 0 Å². The number of carbonyl (C=O) groups is 1. The number of amides is 1. The Bertz CT molecular complexity index is 503. The molecule has 2 unspecified atom stereocenters. The smallest absolute Gasteiger partial charge is 0.229 e. The Morgan fingerprint density at radius 1 is 1.32 bits per heavy atom. The molecule has 25 heavy (non-hydrogen) atoms. The van der Waals surface area contributed by atoms with Crippen LogP contribution >= 0.6 is 12.4 Å². The molecule has 1 aromatic rings. The summed E-state index contributed by atoms with van der Waals surface area (Å²) in [7, 11) is 1.66. The Morgan fingerprint density at radius 2 is 2.00 bits per heavy atom. The molecule has 0 radical (unpaired) electrons. The van der Waals surface area contributed by atoms with Crippen molar-refractivity contribution in [2.24, 2.45) is 5.41 Å². The highest BCUT2D eigenvalue weighted by molar-refractivity contribution is 5.85. The second kappa shape index (κ2) is 10.8. The summed E-state index contributed by atoms with van der Waals surface area (Å²) >= 11 is 0. The second-order valence-corrected chi connectivity index (χ2v) is 6.50. The first kappa shape index (κ1) is 21.9. The molecular formula is C19H32ClN3O2. The minimum atomic E-state index is -0.431. The first-order chi connectivity index (χ1) is 11.7. The number of methoxy groups -OCH3 is 1. The van der Waals surface area contributed by atoms with E-state index in [1.54, 1.807) is 7.11 Å². The van der Waals surface area contributed by atoms with E-state index in [4.69, 9.17) is 4.74 Å². The number of likely N-dealkylation sites (N-methyl/N-ethyl adjacent to an activating group) is 1. The maximum absolute atomic E-state index is 12.8. The van der Waals surface area contributed by atoms with E-state index in [1.165, 1.54) is 5.56 Å². The molecule has 2 N–H and O–H groups in total. The Balaban J connectivity index is 0.00000312. The first-order valence-electron chi connectivity index (χ1n) is 8.93. The minimum absolute atomic E-state index is 0. The van der Waals surface area contributed by atoms with Crippen LogP contribution in [0, 0.1) is 5.41 Å². The summed E-state index contributed by atoms with van der Waals surface area (Å²) in [4.78, 5) is 15.2. The van der Waals surface area contributed by atoms with Crippen LogP contribution in [0.4, 0.5) is 0 Å². The monoisotopic (exact) mass is 369 g/mol. The molecule has 142 valence electrons. The molecule has 1 amide bonds. The van der Waals surface area contributed by atoms with Gasteiger partial charge in [0.05, 0.1) is 18.1 Å². The molecule has 6 heteroatoms. The zero-order valence-corrected chi connectivity index (χ0v) is 16.4. The van der Waals surface area contributed by atoms with Gasteiger partial charge in [0, 0.05) is 20.2 Å². The molecular weight excluding hydrogens is 338 g/mol. The minimum Gasteiger partial charge on any atom is -0.384 e. The van der Waals surface area contributed by atoms with Crippen LogP contribution in [-0.2, 0) is 9.53 Å². The summed E-state index contributed by atoms with van der Waals surface area (Å²) in [5, 5.41) is 6.49. The van der Waals surface area contributed by atoms with E-state index in [9.17, 15) is 4.79 Å². The van der Waals surface area contributed by atoms with Crippen LogP contribution in [0.3, 0.4) is 0 Å². The number of hydrogen-bond donors (Lipinski definition) is 2. The van der Waals surface area contributed by atoms with Crippen LogP contribution < -0.4 is 10.6 Å². The quantitative estimate of drug-likeness (QED) is 0.701. The van der Waals surface area contributed by atoms with E-state index in [1.807, 2.05) is 6.07 Å². The lowest BCUT2D eigenvalue weighted by Gasteiger charge is -2.32. The van der Waals surface area contributed by atoms with Crippen molar-refractivity contribution in [3.63, 3.8) is 0 Å². The predicted molar refractivity (Wildman–Crippen MR) is 104 cm³/mol. The number of halogens is 1. The highest BCUT2D eigenvalue weighted by Gasteiger charge is 2.41. The Kier molecular flexibility index (Phi) is 9.43. The molecule has 1 heterocycles. The van der Waals surface area contributed by atoms with Crippen molar-refractivity contribution in [1.82, 2.24) is 15.5 Å². The van der Waals surface area contributed by atoms with Gasteiger partial charge in [-0.3, -0.25) is 9.69 Å². The zero-order chi connectivity index (χ0) is 17.4. The summed E-state index contributed by atoms with van der Waals surface area (Å²) in [5.41, 5.74) is 0.811. The van der Waals surface area contributed by atoms with Gasteiger partial charge in [0.15, 0.2) is 0 Å². The fourth-order valence-electron chi connectivity index (χ4n) is 3.58. The van der Waals surface area contributed by atoms with Crippen molar-refractivity contribution in [3.8, 4) is 0 Å². The molecule has 0 bridgehead atoms. The van der Waals surface area contributed by atoms with E-state index >= 15 is 0 Å². The third kappa shape index (κ3) is 5.42. The molecule has 2 rings (SSSR count). The summed E-state index contributed by atoms with van der Waals surface area (Å²) < 4.78 is 5.32. The maximum atomic E-state index is 12.8. The summed E-state index contributed by atoms with van der Waals surface area (Å²) in [6.07, 6.45) is 0.827. The standard InChI is InChI=1S/C19H31N3O2.ClH/c1-4-22(5-2)17(16-9-7-6-8-10-16)13-21-18(23)19(15-24-3)11-12-20-14-19;/h6-10,17,20H,4-5,11-15H2,1-3H3,(H,21,23);1H. The maximum Gasteiger partial charge on any atom is 0.229 e. The summed E-state index contributed by atoms with van der Waals surface area (Å²) in [6.45, 7) is 8.88. The van der Waals surface area contributed by atoms with E-state index in [0.29, 0.717) is 19.7 Å². The lowest BCUT2D eigenvalue weighted by molar-refractivity contribution is -0.133. The Labute approximate surface area is 157 Å². The number of hydrogen-bond acceptors (Lipinski definition) is 4. The van der Waals surface area contributed by atoms with Crippen molar-refractivity contribution in [1.29, 1.82) is 0 Å². The highest BCUT2D eigenvalue weighted by atomic mass is 35.5. The van der Waals surface area contributed by atoms with Crippen LogP contribution in [0.25, 0.3) is 0 Å². The number of carbonyl (C=O) groups excluding carboxylic acids is 1. The topological polar surface area (TPSA) is 53.6 Å². The molecule has 0 aromatic heterocycles. The second-order valence-electron chi connectivity index (χ2n) is 6.50. The van der Waals surface area contributed by atoms with Gasteiger partial charge in [0.25, 0.3) is 0 Å². The highest BCUT2D eigenvalue weighted by Crippen LogP contribution is 2.27. The number of nitrogens with one attached hydrogen (secondary N) is 2.